The van der Waals surface area contributed by atoms with Gasteiger partial charge >= 0.3 is 5.97 Å². The van der Waals surface area contributed by atoms with Gasteiger partial charge in [0.15, 0.2) is 17.7 Å². The van der Waals surface area contributed by atoms with Crippen molar-refractivity contribution in [3.05, 3.63) is 47.5 Å². The first-order valence-corrected chi connectivity index (χ1v) is 12.9. The predicted octanol–water partition coefficient (Wildman–Crippen LogP) is 5.85. The van der Waals surface area contributed by atoms with Crippen LogP contribution in [0.25, 0.3) is 10.9 Å². The molecule has 10 heteroatoms. The molecule has 2 fully saturated rings. The van der Waals surface area contributed by atoms with Crippen LogP contribution in [0.4, 0.5) is 15.9 Å². The van der Waals surface area contributed by atoms with E-state index in [2.05, 4.69) is 15.3 Å². The molecule has 1 aliphatic heterocycles. The number of aromatic nitrogens is 2. The Labute approximate surface area is 220 Å². The van der Waals surface area contributed by atoms with E-state index in [0.717, 1.165) is 19.3 Å². The van der Waals surface area contributed by atoms with E-state index in [1.807, 2.05) is 37.8 Å². The molecule has 2 heterocycles. The van der Waals surface area contributed by atoms with Crippen LogP contribution >= 0.6 is 11.6 Å². The van der Waals surface area contributed by atoms with Gasteiger partial charge in [-0.05, 0) is 63.8 Å². The summed E-state index contributed by atoms with van der Waals surface area (Å²) in [6, 6.07) is 8.09. The molecular formula is C27H30ClFN4O4. The average Bonchev–Trinajstić information content (AvgIpc) is 2.81. The second kappa shape index (κ2) is 10.3. The van der Waals surface area contributed by atoms with Crippen molar-refractivity contribution in [3.63, 3.8) is 0 Å². The van der Waals surface area contributed by atoms with Crippen LogP contribution in [0, 0.1) is 5.82 Å². The quantitative estimate of drug-likeness (QED) is 0.364. The Bertz CT molecular complexity index is 1320. The zero-order valence-electron chi connectivity index (χ0n) is 21.1. The lowest BCUT2D eigenvalue weighted by molar-refractivity contribution is -0.177. The molecule has 0 bridgehead atoms. The second-order valence-corrected chi connectivity index (χ2v) is 10.5. The monoisotopic (exact) mass is 528 g/mol. The standard InChI is InChI=1S/C27H30ClFN4O4/c1-4-24(33-13-25(34)37-27(2,3)14-33)36-22-11-18-21(12-23(22)35-17-6-5-7-17)30-15-31-26(18)32-16-8-9-20(29)19(28)10-16/h8-12,15,17,24H,4-7,13-14H2,1-3H3,(H,30,31,32). The molecule has 1 aromatic heterocycles. The van der Waals surface area contributed by atoms with Gasteiger partial charge in [0.2, 0.25) is 0 Å². The van der Waals surface area contributed by atoms with E-state index in [1.54, 1.807) is 6.07 Å². The number of morpholine rings is 1. The first-order valence-electron chi connectivity index (χ1n) is 12.5. The lowest BCUT2D eigenvalue weighted by atomic mass is 9.96. The number of hydrogen-bond donors (Lipinski definition) is 1. The Morgan fingerprint density at radius 1 is 1.24 bits per heavy atom. The maximum Gasteiger partial charge on any atom is 0.320 e. The van der Waals surface area contributed by atoms with E-state index in [0.29, 0.717) is 46.9 Å². The van der Waals surface area contributed by atoms with E-state index >= 15 is 0 Å². The van der Waals surface area contributed by atoms with Gasteiger partial charge < -0.3 is 19.5 Å². The normalized spacial score (nSPS) is 18.7. The lowest BCUT2D eigenvalue weighted by Gasteiger charge is -2.41. The zero-order valence-corrected chi connectivity index (χ0v) is 21.8. The van der Waals surface area contributed by atoms with Gasteiger partial charge in [-0.15, -0.1) is 0 Å². The third-order valence-electron chi connectivity index (χ3n) is 6.55. The fourth-order valence-electron chi connectivity index (χ4n) is 4.58. The average molecular weight is 529 g/mol. The van der Waals surface area contributed by atoms with Crippen LogP contribution in [0.3, 0.4) is 0 Å². The number of esters is 1. The molecular weight excluding hydrogens is 499 g/mol. The SMILES string of the molecule is CCC(Oc1cc2c(Nc3ccc(F)c(Cl)c3)ncnc2cc1OC1CCC1)N1CC(=O)OC(C)(C)C1. The highest BCUT2D eigenvalue weighted by Gasteiger charge is 2.37. The fraction of sp³-hybridized carbons (Fsp3) is 0.444. The van der Waals surface area contributed by atoms with Crippen LogP contribution in [0.5, 0.6) is 11.5 Å². The molecule has 0 spiro atoms. The first-order chi connectivity index (χ1) is 17.7. The maximum atomic E-state index is 13.7. The lowest BCUT2D eigenvalue weighted by Crippen LogP contribution is -2.55. The molecule has 5 rings (SSSR count). The minimum Gasteiger partial charge on any atom is -0.486 e. The summed E-state index contributed by atoms with van der Waals surface area (Å²) in [6.45, 7) is 6.49. The Balaban J connectivity index is 1.50. The molecule has 196 valence electrons. The molecule has 1 saturated carbocycles. The van der Waals surface area contributed by atoms with Crippen molar-refractivity contribution < 1.29 is 23.4 Å². The van der Waals surface area contributed by atoms with E-state index in [4.69, 9.17) is 25.8 Å². The van der Waals surface area contributed by atoms with Crippen molar-refractivity contribution in [1.82, 2.24) is 14.9 Å². The Morgan fingerprint density at radius 3 is 2.73 bits per heavy atom. The van der Waals surface area contributed by atoms with Gasteiger partial charge in [0.25, 0.3) is 0 Å². The third kappa shape index (κ3) is 5.72. The van der Waals surface area contributed by atoms with Crippen LogP contribution in [-0.2, 0) is 9.53 Å². The summed E-state index contributed by atoms with van der Waals surface area (Å²) < 4.78 is 32.0. The molecule has 1 saturated heterocycles. The predicted molar refractivity (Wildman–Crippen MR) is 139 cm³/mol. The highest BCUT2D eigenvalue weighted by atomic mass is 35.5. The zero-order chi connectivity index (χ0) is 26.2. The molecule has 8 nitrogen and oxygen atoms in total. The summed E-state index contributed by atoms with van der Waals surface area (Å²) in [7, 11) is 0. The molecule has 3 aromatic rings. The number of carbonyl (C=O) groups is 1. The van der Waals surface area contributed by atoms with E-state index in [1.165, 1.54) is 18.5 Å². The molecule has 0 radical (unpaired) electrons. The molecule has 0 amide bonds. The Morgan fingerprint density at radius 2 is 2.05 bits per heavy atom. The summed E-state index contributed by atoms with van der Waals surface area (Å²) in [6.07, 6.45) is 4.97. The van der Waals surface area contributed by atoms with Crippen molar-refractivity contribution in [2.24, 2.45) is 0 Å². The smallest absolute Gasteiger partial charge is 0.320 e. The molecule has 37 heavy (non-hydrogen) atoms. The van der Waals surface area contributed by atoms with Crippen molar-refractivity contribution in [2.75, 3.05) is 18.4 Å². The van der Waals surface area contributed by atoms with Crippen molar-refractivity contribution in [1.29, 1.82) is 0 Å². The van der Waals surface area contributed by atoms with Crippen molar-refractivity contribution in [3.8, 4) is 11.5 Å². The van der Waals surface area contributed by atoms with Gasteiger partial charge in [-0.3, -0.25) is 9.69 Å². The minimum absolute atomic E-state index is 0.0114. The van der Waals surface area contributed by atoms with Crippen LogP contribution < -0.4 is 14.8 Å². The highest BCUT2D eigenvalue weighted by molar-refractivity contribution is 6.31. The highest BCUT2D eigenvalue weighted by Crippen LogP contribution is 2.39. The molecule has 1 unspecified atom stereocenters. The number of cyclic esters (lactones) is 1. The molecule has 1 N–H and O–H groups in total. The number of nitrogens with one attached hydrogen (secondary N) is 1. The summed E-state index contributed by atoms with van der Waals surface area (Å²) >= 11 is 5.97. The van der Waals surface area contributed by atoms with E-state index in [9.17, 15) is 9.18 Å². The topological polar surface area (TPSA) is 85.8 Å². The Kier molecular flexibility index (Phi) is 7.09. The molecule has 1 aliphatic carbocycles. The van der Waals surface area contributed by atoms with Crippen LogP contribution in [0.15, 0.2) is 36.7 Å². The molecule has 2 aliphatic rings. The number of anilines is 2. The largest absolute Gasteiger partial charge is 0.486 e. The number of nitrogens with zero attached hydrogens (tertiary/aromatic N) is 3. The molecule has 1 atom stereocenters. The van der Waals surface area contributed by atoms with E-state index in [-0.39, 0.29) is 29.9 Å². The number of rotatable bonds is 8. The van der Waals surface area contributed by atoms with Gasteiger partial charge in [0.1, 0.15) is 23.6 Å². The van der Waals surface area contributed by atoms with Crippen LogP contribution in [-0.4, -0.2) is 51.9 Å². The van der Waals surface area contributed by atoms with Gasteiger partial charge in [0, 0.05) is 23.7 Å². The van der Waals surface area contributed by atoms with Gasteiger partial charge in [0.05, 0.1) is 23.2 Å². The first kappa shape index (κ1) is 25.5. The summed E-state index contributed by atoms with van der Waals surface area (Å²) in [5.41, 5.74) is 0.648. The van der Waals surface area contributed by atoms with Crippen LogP contribution in [0.2, 0.25) is 5.02 Å². The van der Waals surface area contributed by atoms with Crippen molar-refractivity contribution in [2.45, 2.75) is 64.4 Å². The van der Waals surface area contributed by atoms with Gasteiger partial charge in [-0.1, -0.05) is 18.5 Å². The third-order valence-corrected chi connectivity index (χ3v) is 6.84. The number of halogens is 2. The molecule has 2 aromatic carbocycles. The number of ether oxygens (including phenoxy) is 3. The minimum atomic E-state index is -0.609. The number of fused-ring (bicyclic) bond motifs is 1. The van der Waals surface area contributed by atoms with Crippen molar-refractivity contribution >= 4 is 40.0 Å². The van der Waals surface area contributed by atoms with Gasteiger partial charge in [-0.2, -0.15) is 0 Å². The summed E-state index contributed by atoms with van der Waals surface area (Å²) in [5, 5.41) is 3.91. The number of benzene rings is 2. The van der Waals surface area contributed by atoms with Crippen LogP contribution in [0.1, 0.15) is 46.5 Å². The maximum absolute atomic E-state index is 13.7. The van der Waals surface area contributed by atoms with Gasteiger partial charge in [-0.25, -0.2) is 14.4 Å². The van der Waals surface area contributed by atoms with E-state index < -0.39 is 11.4 Å². The fourth-order valence-corrected chi connectivity index (χ4v) is 4.76. The number of carbonyl (C=O) groups excluding carboxylic acids is 1. The second-order valence-electron chi connectivity index (χ2n) is 10.1. The summed E-state index contributed by atoms with van der Waals surface area (Å²) in [4.78, 5) is 23.1. The summed E-state index contributed by atoms with van der Waals surface area (Å²) in [5.74, 6) is 0.884. The number of hydrogen-bond acceptors (Lipinski definition) is 8. The Hall–Kier alpha value is -3.17.